The number of ether oxygens (including phenoxy) is 2. The van der Waals surface area contributed by atoms with Crippen LogP contribution in [0, 0.1) is 5.92 Å². The maximum Gasteiger partial charge on any atom is 0.239 e. The highest BCUT2D eigenvalue weighted by atomic mass is 16.6. The van der Waals surface area contributed by atoms with Gasteiger partial charge in [0.2, 0.25) is 5.91 Å². The van der Waals surface area contributed by atoms with E-state index in [0.717, 1.165) is 29.9 Å². The third-order valence-electron chi connectivity index (χ3n) is 5.08. The number of pyridine rings is 1. The summed E-state index contributed by atoms with van der Waals surface area (Å²) in [6, 6.07) is 1.82. The Balaban J connectivity index is 1.67. The van der Waals surface area contributed by atoms with Crippen LogP contribution >= 0.6 is 0 Å². The minimum Gasteiger partial charge on any atom is -0.486 e. The molecule has 0 spiro atoms. The second-order valence-corrected chi connectivity index (χ2v) is 9.18. The number of likely N-dealkylation sites (N-methyl/N-ethyl adjacent to an activating group) is 1. The molecule has 1 aliphatic carbocycles. The molecule has 1 aliphatic heterocycles. The Hall–Kier alpha value is -2.90. The monoisotopic (exact) mass is 411 g/mol. The lowest BCUT2D eigenvalue weighted by molar-refractivity contribution is -0.121. The Bertz CT molecular complexity index is 970. The van der Waals surface area contributed by atoms with E-state index in [1.54, 1.807) is 6.20 Å². The summed E-state index contributed by atoms with van der Waals surface area (Å²) < 4.78 is 11.3. The van der Waals surface area contributed by atoms with Crippen LogP contribution in [0.4, 0.5) is 5.82 Å². The second-order valence-electron chi connectivity index (χ2n) is 9.18. The van der Waals surface area contributed by atoms with Gasteiger partial charge in [-0.2, -0.15) is 0 Å². The van der Waals surface area contributed by atoms with E-state index in [-0.39, 0.29) is 18.0 Å². The van der Waals surface area contributed by atoms with Gasteiger partial charge in [-0.05, 0) is 39.5 Å². The first-order chi connectivity index (χ1) is 14.2. The van der Waals surface area contributed by atoms with Crippen molar-refractivity contribution >= 4 is 11.7 Å². The van der Waals surface area contributed by atoms with Crippen LogP contribution in [0.15, 0.2) is 12.3 Å². The van der Waals surface area contributed by atoms with Gasteiger partial charge in [-0.3, -0.25) is 4.79 Å². The van der Waals surface area contributed by atoms with Gasteiger partial charge in [0.05, 0.1) is 18.4 Å². The molecule has 2 aromatic heterocycles. The highest BCUT2D eigenvalue weighted by Crippen LogP contribution is 2.35. The van der Waals surface area contributed by atoms with Crippen molar-refractivity contribution < 1.29 is 14.3 Å². The molecular weight excluding hydrogens is 382 g/mol. The molecule has 0 saturated carbocycles. The fourth-order valence-corrected chi connectivity index (χ4v) is 3.90. The third-order valence-corrected chi connectivity index (χ3v) is 5.08. The molecule has 8 heteroatoms. The van der Waals surface area contributed by atoms with Crippen LogP contribution in [0.5, 0.6) is 11.5 Å². The van der Waals surface area contributed by atoms with Crippen molar-refractivity contribution in [2.75, 3.05) is 31.7 Å². The van der Waals surface area contributed by atoms with Gasteiger partial charge in [-0.25, -0.2) is 15.0 Å². The number of fused-ring (bicyclic) bond motifs is 2. The number of rotatable bonds is 4. The molecule has 1 atom stereocenters. The number of aromatic nitrogens is 3. The molecule has 160 valence electrons. The lowest BCUT2D eigenvalue weighted by Crippen LogP contribution is -2.45. The highest BCUT2D eigenvalue weighted by molar-refractivity contribution is 5.82. The largest absolute Gasteiger partial charge is 0.486 e. The molecule has 2 aromatic rings. The molecule has 1 amide bonds. The van der Waals surface area contributed by atoms with E-state index >= 15 is 0 Å². The van der Waals surface area contributed by atoms with E-state index in [1.165, 1.54) is 0 Å². The van der Waals surface area contributed by atoms with E-state index < -0.39 is 0 Å². The standard InChI is InChI=1S/C22H29N5O3/c1-13-8-14-15(9-13)24-20(16-10-17-18(11-23-16)30-7-6-29-17)25-21(14)27(5)12-19(28)26-22(2,3)4/h10-11,13H,6-9,12H2,1-5H3,(H,26,28). The Morgan fingerprint density at radius 1 is 1.20 bits per heavy atom. The molecule has 30 heavy (non-hydrogen) atoms. The van der Waals surface area contributed by atoms with E-state index in [4.69, 9.17) is 19.4 Å². The summed E-state index contributed by atoms with van der Waals surface area (Å²) in [7, 11) is 1.90. The fraction of sp³-hybridized carbons (Fsp3) is 0.545. The zero-order chi connectivity index (χ0) is 21.5. The first kappa shape index (κ1) is 20.4. The summed E-state index contributed by atoms with van der Waals surface area (Å²) in [6.45, 7) is 9.38. The van der Waals surface area contributed by atoms with Crippen LogP contribution < -0.4 is 19.7 Å². The van der Waals surface area contributed by atoms with Crippen LogP contribution in [0.1, 0.15) is 39.0 Å². The van der Waals surface area contributed by atoms with Gasteiger partial charge < -0.3 is 19.7 Å². The molecule has 0 fully saturated rings. The Labute approximate surface area is 177 Å². The molecule has 0 saturated heterocycles. The van der Waals surface area contributed by atoms with Crippen molar-refractivity contribution in [3.05, 3.63) is 23.5 Å². The Morgan fingerprint density at radius 3 is 2.67 bits per heavy atom. The summed E-state index contributed by atoms with van der Waals surface area (Å²) in [5.74, 6) is 3.08. The number of amides is 1. The van der Waals surface area contributed by atoms with Gasteiger partial charge in [0, 0.05) is 24.2 Å². The molecule has 3 heterocycles. The lowest BCUT2D eigenvalue weighted by atomic mass is 10.1. The molecule has 8 nitrogen and oxygen atoms in total. The van der Waals surface area contributed by atoms with Gasteiger partial charge in [0.25, 0.3) is 0 Å². The summed E-state index contributed by atoms with van der Waals surface area (Å²) in [4.78, 5) is 28.5. The van der Waals surface area contributed by atoms with E-state index in [9.17, 15) is 4.79 Å². The van der Waals surface area contributed by atoms with Crippen LogP contribution in [-0.4, -0.2) is 53.2 Å². The number of carbonyl (C=O) groups is 1. The predicted octanol–water partition coefficient (Wildman–Crippen LogP) is 2.40. The quantitative estimate of drug-likeness (QED) is 0.826. The maximum atomic E-state index is 12.5. The summed E-state index contributed by atoms with van der Waals surface area (Å²) in [5, 5.41) is 3.01. The second kappa shape index (κ2) is 7.74. The molecule has 0 bridgehead atoms. The zero-order valence-corrected chi connectivity index (χ0v) is 18.3. The number of hydrogen-bond donors (Lipinski definition) is 1. The van der Waals surface area contributed by atoms with Crippen LogP contribution in [0.25, 0.3) is 11.5 Å². The van der Waals surface area contributed by atoms with Crippen LogP contribution in [-0.2, 0) is 17.6 Å². The molecule has 0 radical (unpaired) electrons. The van der Waals surface area contributed by atoms with Crippen molar-refractivity contribution in [2.45, 2.75) is 46.1 Å². The van der Waals surface area contributed by atoms with Crippen molar-refractivity contribution in [3.8, 4) is 23.0 Å². The number of nitrogens with one attached hydrogen (secondary N) is 1. The van der Waals surface area contributed by atoms with E-state index in [0.29, 0.717) is 42.1 Å². The van der Waals surface area contributed by atoms with Crippen LogP contribution in [0.3, 0.4) is 0 Å². The number of carbonyl (C=O) groups excluding carboxylic acids is 1. The van der Waals surface area contributed by atoms with Gasteiger partial charge in [0.15, 0.2) is 17.3 Å². The SMILES string of the molecule is CC1Cc2nc(-c3cc4c(cn3)OCCO4)nc(N(C)CC(=O)NC(C)(C)C)c2C1. The van der Waals surface area contributed by atoms with Gasteiger partial charge >= 0.3 is 0 Å². The normalized spacial score (nSPS) is 17.4. The smallest absolute Gasteiger partial charge is 0.239 e. The number of anilines is 1. The van der Waals surface area contributed by atoms with Crippen molar-refractivity contribution in [1.29, 1.82) is 0 Å². The molecule has 2 aliphatic rings. The van der Waals surface area contributed by atoms with E-state index in [1.807, 2.05) is 38.8 Å². The van der Waals surface area contributed by atoms with E-state index in [2.05, 4.69) is 17.2 Å². The van der Waals surface area contributed by atoms with Crippen molar-refractivity contribution in [1.82, 2.24) is 20.3 Å². The minimum absolute atomic E-state index is 0.0394. The first-order valence-electron chi connectivity index (χ1n) is 10.4. The first-order valence-corrected chi connectivity index (χ1v) is 10.4. The average Bonchev–Trinajstić information content (AvgIpc) is 3.05. The third kappa shape index (κ3) is 4.32. The minimum atomic E-state index is -0.277. The highest BCUT2D eigenvalue weighted by Gasteiger charge is 2.28. The van der Waals surface area contributed by atoms with Gasteiger partial charge in [-0.1, -0.05) is 6.92 Å². The number of nitrogens with zero attached hydrogens (tertiary/aromatic N) is 4. The van der Waals surface area contributed by atoms with Gasteiger partial charge in [0.1, 0.15) is 24.7 Å². The maximum absolute atomic E-state index is 12.5. The molecule has 0 aromatic carbocycles. The van der Waals surface area contributed by atoms with Gasteiger partial charge in [-0.15, -0.1) is 0 Å². The molecular formula is C22H29N5O3. The molecule has 1 N–H and O–H groups in total. The summed E-state index contributed by atoms with van der Waals surface area (Å²) in [6.07, 6.45) is 3.46. The number of hydrogen-bond acceptors (Lipinski definition) is 7. The molecule has 1 unspecified atom stereocenters. The van der Waals surface area contributed by atoms with Crippen LogP contribution in [0.2, 0.25) is 0 Å². The topological polar surface area (TPSA) is 89.5 Å². The van der Waals surface area contributed by atoms with Crippen molar-refractivity contribution in [3.63, 3.8) is 0 Å². The Morgan fingerprint density at radius 2 is 1.93 bits per heavy atom. The summed E-state index contributed by atoms with van der Waals surface area (Å²) in [5.41, 5.74) is 2.51. The predicted molar refractivity (Wildman–Crippen MR) is 114 cm³/mol. The Kier molecular flexibility index (Phi) is 5.26. The lowest BCUT2D eigenvalue weighted by Gasteiger charge is -2.25. The zero-order valence-electron chi connectivity index (χ0n) is 18.3. The summed E-state index contributed by atoms with van der Waals surface area (Å²) >= 11 is 0. The van der Waals surface area contributed by atoms with Crippen molar-refractivity contribution in [2.24, 2.45) is 5.92 Å². The average molecular weight is 412 g/mol. The molecule has 4 rings (SSSR count). The fourth-order valence-electron chi connectivity index (χ4n) is 3.90.